The molecular formula is C26H22ClN5O3. The van der Waals surface area contributed by atoms with Gasteiger partial charge in [0.25, 0.3) is 5.95 Å². The van der Waals surface area contributed by atoms with Gasteiger partial charge in [-0.2, -0.15) is 4.98 Å². The van der Waals surface area contributed by atoms with E-state index in [2.05, 4.69) is 15.4 Å². The number of hydrogen-bond donors (Lipinski definition) is 1. The first-order valence-corrected chi connectivity index (χ1v) is 11.8. The van der Waals surface area contributed by atoms with Crippen molar-refractivity contribution in [2.45, 2.75) is 18.9 Å². The fourth-order valence-electron chi connectivity index (χ4n) is 4.91. The molecule has 1 aromatic heterocycles. The zero-order valence-electron chi connectivity index (χ0n) is 18.9. The molecule has 1 fully saturated rings. The summed E-state index contributed by atoms with van der Waals surface area (Å²) in [6, 6.07) is 14.9. The molecule has 0 saturated carbocycles. The number of halogens is 1. The lowest BCUT2D eigenvalue weighted by Gasteiger charge is -2.24. The van der Waals surface area contributed by atoms with Crippen LogP contribution in [-0.4, -0.2) is 33.7 Å². The topological polar surface area (TPSA) is 89.3 Å². The summed E-state index contributed by atoms with van der Waals surface area (Å²) in [5, 5.41) is 8.60. The Morgan fingerprint density at radius 3 is 2.26 bits per heavy atom. The predicted molar refractivity (Wildman–Crippen MR) is 132 cm³/mol. The second kappa shape index (κ2) is 8.39. The van der Waals surface area contributed by atoms with Crippen LogP contribution in [0.4, 0.5) is 11.9 Å². The van der Waals surface area contributed by atoms with Gasteiger partial charge in [0.1, 0.15) is 11.8 Å². The van der Waals surface area contributed by atoms with Crippen LogP contribution in [0.15, 0.2) is 66.8 Å². The number of nitrogens with one attached hydrogen (secondary N) is 1. The van der Waals surface area contributed by atoms with Crippen molar-refractivity contribution in [1.29, 1.82) is 0 Å². The van der Waals surface area contributed by atoms with Crippen LogP contribution in [0.3, 0.4) is 0 Å². The second-order valence-corrected chi connectivity index (χ2v) is 9.21. The molecule has 0 spiro atoms. The number of aromatic nitrogens is 3. The highest BCUT2D eigenvalue weighted by Crippen LogP contribution is 2.39. The minimum atomic E-state index is -0.346. The van der Waals surface area contributed by atoms with E-state index in [1.165, 1.54) is 0 Å². The molecule has 1 aliphatic carbocycles. The molecular weight excluding hydrogens is 466 g/mol. The van der Waals surface area contributed by atoms with Gasteiger partial charge in [-0.05, 0) is 54.3 Å². The highest BCUT2D eigenvalue weighted by atomic mass is 35.5. The number of allylic oxidation sites excluding steroid dienone is 3. The van der Waals surface area contributed by atoms with Crippen LogP contribution in [0, 0.1) is 11.8 Å². The third kappa shape index (κ3) is 3.61. The summed E-state index contributed by atoms with van der Waals surface area (Å²) in [7, 11) is 1.62. The molecule has 0 unspecified atom stereocenters. The normalized spacial score (nSPS) is 23.0. The predicted octanol–water partition coefficient (Wildman–Crippen LogP) is 4.45. The van der Waals surface area contributed by atoms with Crippen molar-refractivity contribution in [1.82, 2.24) is 14.8 Å². The van der Waals surface area contributed by atoms with Gasteiger partial charge in [-0.3, -0.25) is 9.59 Å². The third-order valence-electron chi connectivity index (χ3n) is 6.77. The summed E-state index contributed by atoms with van der Waals surface area (Å²) < 4.78 is 7.01. The highest BCUT2D eigenvalue weighted by Gasteiger charge is 2.49. The first kappa shape index (κ1) is 21.6. The number of nitrogens with zero attached hydrogens (tertiary/aromatic N) is 4. The van der Waals surface area contributed by atoms with Crippen molar-refractivity contribution in [3.63, 3.8) is 0 Å². The molecule has 1 saturated heterocycles. The van der Waals surface area contributed by atoms with Crippen molar-refractivity contribution >= 4 is 41.0 Å². The monoisotopic (exact) mass is 487 g/mol. The first-order chi connectivity index (χ1) is 17.0. The number of fused-ring (bicyclic) bond motifs is 2. The van der Waals surface area contributed by atoms with E-state index in [1.54, 1.807) is 11.8 Å². The SMILES string of the molecule is COc1ccc([C@@H]2C=C(c3ccc(Cl)cc3)Nc3nc(N4C(=O)[C@H]5CC=CC[C@@H]5C4=O)nn32)cc1. The Hall–Kier alpha value is -3.91. The Balaban J connectivity index is 1.42. The molecule has 3 aliphatic rings. The van der Waals surface area contributed by atoms with Crippen LogP contribution in [0.25, 0.3) is 5.70 Å². The van der Waals surface area contributed by atoms with Gasteiger partial charge in [0.2, 0.25) is 17.8 Å². The average Bonchev–Trinajstić information content (AvgIpc) is 3.42. The van der Waals surface area contributed by atoms with E-state index in [9.17, 15) is 9.59 Å². The van der Waals surface area contributed by atoms with E-state index in [4.69, 9.17) is 16.3 Å². The molecule has 8 nitrogen and oxygen atoms in total. The number of rotatable bonds is 4. The van der Waals surface area contributed by atoms with Crippen LogP contribution in [0.5, 0.6) is 5.75 Å². The Bertz CT molecular complexity index is 1350. The molecule has 3 aromatic rings. The minimum Gasteiger partial charge on any atom is -0.497 e. The zero-order valence-corrected chi connectivity index (χ0v) is 19.6. The number of carbonyl (C=O) groups excluding carboxylic acids is 2. The van der Waals surface area contributed by atoms with Crippen LogP contribution >= 0.6 is 11.6 Å². The van der Waals surface area contributed by atoms with Crippen molar-refractivity contribution in [2.24, 2.45) is 11.8 Å². The summed E-state index contributed by atoms with van der Waals surface area (Å²) in [6.45, 7) is 0. The fraction of sp³-hybridized carbons (Fsp3) is 0.231. The number of benzene rings is 2. The standard InChI is InChI=1S/C26H22ClN5O3/c1-35-18-12-8-16(9-13-18)22-14-21(15-6-10-17(27)11-7-15)28-25-29-26(30-32(22)25)31-23(33)19-4-2-3-5-20(19)24(31)34/h2-3,6-14,19-20,22H,4-5H2,1H3,(H,28,29,30)/t19-,20-,22-/m0/s1. The van der Waals surface area contributed by atoms with Crippen LogP contribution in [0.2, 0.25) is 5.02 Å². The second-order valence-electron chi connectivity index (χ2n) is 8.78. The van der Waals surface area contributed by atoms with E-state index in [1.807, 2.05) is 66.8 Å². The minimum absolute atomic E-state index is 0.0983. The van der Waals surface area contributed by atoms with E-state index in [0.717, 1.165) is 27.5 Å². The number of hydrogen-bond acceptors (Lipinski definition) is 6. The lowest BCUT2D eigenvalue weighted by atomic mass is 9.85. The number of ether oxygens (including phenoxy) is 1. The lowest BCUT2D eigenvalue weighted by Crippen LogP contribution is -2.32. The van der Waals surface area contributed by atoms with Crippen LogP contribution < -0.4 is 15.0 Å². The molecule has 9 heteroatoms. The van der Waals surface area contributed by atoms with Crippen molar-refractivity contribution in [3.8, 4) is 5.75 Å². The molecule has 2 aliphatic heterocycles. The molecule has 0 radical (unpaired) electrons. The molecule has 3 heterocycles. The summed E-state index contributed by atoms with van der Waals surface area (Å²) in [6.07, 6.45) is 7.09. The number of amides is 2. The number of carbonyl (C=O) groups is 2. The van der Waals surface area contributed by atoms with Gasteiger partial charge in [-0.15, -0.1) is 5.10 Å². The fourth-order valence-corrected chi connectivity index (χ4v) is 5.04. The molecule has 3 atom stereocenters. The van der Waals surface area contributed by atoms with Crippen LogP contribution in [-0.2, 0) is 9.59 Å². The number of imide groups is 1. The molecule has 2 amide bonds. The number of methoxy groups -OCH3 is 1. The first-order valence-electron chi connectivity index (χ1n) is 11.4. The summed E-state index contributed by atoms with van der Waals surface area (Å²) in [5.41, 5.74) is 2.70. The van der Waals surface area contributed by atoms with Gasteiger partial charge in [0.05, 0.1) is 18.9 Å². The Morgan fingerprint density at radius 2 is 1.63 bits per heavy atom. The van der Waals surface area contributed by atoms with Gasteiger partial charge < -0.3 is 10.1 Å². The maximum absolute atomic E-state index is 13.1. The van der Waals surface area contributed by atoms with E-state index >= 15 is 0 Å². The van der Waals surface area contributed by atoms with Crippen molar-refractivity contribution in [2.75, 3.05) is 17.3 Å². The largest absolute Gasteiger partial charge is 0.497 e. The number of anilines is 2. The molecule has 1 N–H and O–H groups in total. The molecule has 35 heavy (non-hydrogen) atoms. The summed E-state index contributed by atoms with van der Waals surface area (Å²) in [4.78, 5) is 32.0. The van der Waals surface area contributed by atoms with E-state index < -0.39 is 0 Å². The summed E-state index contributed by atoms with van der Waals surface area (Å²) >= 11 is 6.09. The maximum atomic E-state index is 13.1. The van der Waals surface area contributed by atoms with Gasteiger partial charge in [0, 0.05) is 10.7 Å². The lowest BCUT2D eigenvalue weighted by molar-refractivity contribution is -0.122. The van der Waals surface area contributed by atoms with Gasteiger partial charge in [0.15, 0.2) is 0 Å². The quantitative estimate of drug-likeness (QED) is 0.432. The summed E-state index contributed by atoms with van der Waals surface area (Å²) in [5.74, 6) is 0.122. The van der Waals surface area contributed by atoms with E-state index in [-0.39, 0.29) is 35.6 Å². The smallest absolute Gasteiger partial charge is 0.260 e. The Morgan fingerprint density at radius 1 is 0.971 bits per heavy atom. The molecule has 176 valence electrons. The maximum Gasteiger partial charge on any atom is 0.260 e. The van der Waals surface area contributed by atoms with Gasteiger partial charge in [-0.1, -0.05) is 48.0 Å². The van der Waals surface area contributed by atoms with Crippen molar-refractivity contribution < 1.29 is 14.3 Å². The van der Waals surface area contributed by atoms with Crippen molar-refractivity contribution in [3.05, 3.63) is 82.9 Å². The molecule has 6 rings (SSSR count). The highest BCUT2D eigenvalue weighted by molar-refractivity contribution is 6.30. The van der Waals surface area contributed by atoms with Gasteiger partial charge in [-0.25, -0.2) is 9.58 Å². The Labute approximate surface area is 206 Å². The van der Waals surface area contributed by atoms with Crippen LogP contribution in [0.1, 0.15) is 30.0 Å². The Kier molecular flexibility index (Phi) is 5.18. The van der Waals surface area contributed by atoms with E-state index in [0.29, 0.717) is 23.8 Å². The molecule has 0 bridgehead atoms. The molecule has 2 aromatic carbocycles. The van der Waals surface area contributed by atoms with Gasteiger partial charge >= 0.3 is 0 Å². The zero-order chi connectivity index (χ0) is 24.1. The average molecular weight is 488 g/mol. The third-order valence-corrected chi connectivity index (χ3v) is 7.03.